The van der Waals surface area contributed by atoms with E-state index in [4.69, 9.17) is 9.98 Å². The molecule has 1 spiro atoms. The van der Waals surface area contributed by atoms with Crippen LogP contribution in [0, 0.1) is 0 Å². The van der Waals surface area contributed by atoms with Crippen LogP contribution in [0.3, 0.4) is 0 Å². The molecule has 0 atom stereocenters. The fraction of sp³-hybridized carbons (Fsp3) is 0.667. The van der Waals surface area contributed by atoms with Gasteiger partial charge in [-0.25, -0.2) is 4.99 Å². The number of hydrogen-bond donors (Lipinski definition) is 1. The highest BCUT2D eigenvalue weighted by Gasteiger charge is 2.37. The first-order valence-corrected chi connectivity index (χ1v) is 12.3. The van der Waals surface area contributed by atoms with E-state index in [-0.39, 0.29) is 11.6 Å². The zero-order valence-electron chi connectivity index (χ0n) is 15.9. The van der Waals surface area contributed by atoms with Crippen molar-refractivity contribution in [3.63, 3.8) is 0 Å². The predicted molar refractivity (Wildman–Crippen MR) is 116 cm³/mol. The first-order valence-electron chi connectivity index (χ1n) is 10.4. The fourth-order valence-electron chi connectivity index (χ4n) is 4.37. The second kappa shape index (κ2) is 8.91. The van der Waals surface area contributed by atoms with Crippen molar-refractivity contribution >= 4 is 39.8 Å². The minimum absolute atomic E-state index is 0.141. The van der Waals surface area contributed by atoms with E-state index in [2.05, 4.69) is 22.8 Å². The third-order valence-corrected chi connectivity index (χ3v) is 7.64. The zero-order chi connectivity index (χ0) is 18.5. The van der Waals surface area contributed by atoms with Crippen LogP contribution in [0.1, 0.15) is 75.5 Å². The molecule has 1 aromatic rings. The van der Waals surface area contributed by atoms with Crippen LogP contribution < -0.4 is 5.32 Å². The van der Waals surface area contributed by atoms with Gasteiger partial charge in [0.1, 0.15) is 10.8 Å². The molecule has 0 aromatic carbocycles. The van der Waals surface area contributed by atoms with E-state index in [0.717, 1.165) is 36.4 Å². The summed E-state index contributed by atoms with van der Waals surface area (Å²) in [6.45, 7) is 0. The molecule has 2 fully saturated rings. The second-order valence-electron chi connectivity index (χ2n) is 7.94. The lowest BCUT2D eigenvalue weighted by atomic mass is 9.95. The molecule has 2 heterocycles. The number of carbonyl (C=O) groups is 1. The molecule has 146 valence electrons. The average Bonchev–Trinajstić information content (AvgIpc) is 3.26. The van der Waals surface area contributed by atoms with Crippen LogP contribution in [-0.2, 0) is 4.79 Å². The van der Waals surface area contributed by atoms with Gasteiger partial charge >= 0.3 is 0 Å². The maximum Gasteiger partial charge on any atom is 0.230 e. The number of nitrogens with one attached hydrogen (secondary N) is 1. The summed E-state index contributed by atoms with van der Waals surface area (Å²) in [6.07, 6.45) is 13.1. The normalized spacial score (nSPS) is 23.0. The molecule has 27 heavy (non-hydrogen) atoms. The summed E-state index contributed by atoms with van der Waals surface area (Å²) >= 11 is 3.29. The van der Waals surface area contributed by atoms with Gasteiger partial charge in [-0.2, -0.15) is 0 Å². The summed E-state index contributed by atoms with van der Waals surface area (Å²) in [5, 5.41) is 6.28. The third kappa shape index (κ3) is 4.83. The number of thioether (sulfide) groups is 1. The number of aliphatic imine (C=N–C) groups is 2. The fourth-order valence-corrected chi connectivity index (χ4v) is 6.02. The summed E-state index contributed by atoms with van der Waals surface area (Å²) in [5.74, 6) is 0.581. The molecular formula is C21H29N3OS2. The molecule has 0 radical (unpaired) electrons. The van der Waals surface area contributed by atoms with Crippen molar-refractivity contribution in [3.8, 4) is 0 Å². The average molecular weight is 404 g/mol. The molecule has 0 bridgehead atoms. The van der Waals surface area contributed by atoms with Gasteiger partial charge in [-0.1, -0.05) is 49.9 Å². The highest BCUT2D eigenvalue weighted by molar-refractivity contribution is 8.16. The van der Waals surface area contributed by atoms with Gasteiger partial charge in [0.2, 0.25) is 5.91 Å². The number of carbonyl (C=O) groups excluding carboxylic acids is 1. The Kier molecular flexibility index (Phi) is 6.33. The summed E-state index contributed by atoms with van der Waals surface area (Å²) in [4.78, 5) is 23.9. The Morgan fingerprint density at radius 2 is 1.85 bits per heavy atom. The molecule has 1 amide bonds. The van der Waals surface area contributed by atoms with Gasteiger partial charge in [-0.15, -0.1) is 11.3 Å². The zero-order valence-corrected chi connectivity index (χ0v) is 17.5. The lowest BCUT2D eigenvalue weighted by Crippen LogP contribution is -2.37. The first kappa shape index (κ1) is 19.2. The van der Waals surface area contributed by atoms with Crippen molar-refractivity contribution < 1.29 is 4.79 Å². The second-order valence-corrected chi connectivity index (χ2v) is 9.85. The number of nitrogens with zero attached hydrogens (tertiary/aromatic N) is 2. The molecule has 3 aliphatic rings. The molecule has 6 heteroatoms. The van der Waals surface area contributed by atoms with Gasteiger partial charge in [-0.05, 0) is 50.0 Å². The molecular weight excluding hydrogens is 374 g/mol. The van der Waals surface area contributed by atoms with Crippen molar-refractivity contribution in [2.45, 2.75) is 82.3 Å². The molecule has 0 unspecified atom stereocenters. The number of hydrogen-bond acceptors (Lipinski definition) is 5. The van der Waals surface area contributed by atoms with Gasteiger partial charge in [0.25, 0.3) is 0 Å². The summed E-state index contributed by atoms with van der Waals surface area (Å²) in [5.41, 5.74) is 0.750. The molecule has 4 nitrogen and oxygen atoms in total. The lowest BCUT2D eigenvalue weighted by molar-refractivity contribution is -0.119. The van der Waals surface area contributed by atoms with E-state index in [0.29, 0.717) is 11.8 Å². The highest BCUT2D eigenvalue weighted by Crippen LogP contribution is 2.38. The standard InChI is InChI=1S/C21H29N3OS2/c25-18(22-16-9-4-3-5-10-16)15-27-20-19(17-11-8-14-26-17)23-21(24-20)12-6-1-2-7-13-21/h8,11,14,16H,1-7,9-10,12-13,15H2,(H,22,25). The number of amides is 1. The monoisotopic (exact) mass is 403 g/mol. The molecule has 2 aliphatic carbocycles. The van der Waals surface area contributed by atoms with E-state index in [9.17, 15) is 4.79 Å². The van der Waals surface area contributed by atoms with Crippen LogP contribution in [0.2, 0.25) is 0 Å². The maximum absolute atomic E-state index is 12.5. The Morgan fingerprint density at radius 1 is 1.11 bits per heavy atom. The van der Waals surface area contributed by atoms with Crippen molar-refractivity contribution in [2.24, 2.45) is 9.98 Å². The number of thiophene rings is 1. The minimum Gasteiger partial charge on any atom is -0.353 e. The topological polar surface area (TPSA) is 53.8 Å². The van der Waals surface area contributed by atoms with E-state index in [1.54, 1.807) is 23.1 Å². The summed E-state index contributed by atoms with van der Waals surface area (Å²) < 4.78 is 0. The molecule has 4 rings (SSSR count). The van der Waals surface area contributed by atoms with E-state index >= 15 is 0 Å². The maximum atomic E-state index is 12.5. The molecule has 1 aliphatic heterocycles. The van der Waals surface area contributed by atoms with Gasteiger partial charge in [0, 0.05) is 6.04 Å². The van der Waals surface area contributed by atoms with Crippen LogP contribution >= 0.6 is 23.1 Å². The smallest absolute Gasteiger partial charge is 0.230 e. The van der Waals surface area contributed by atoms with Crippen molar-refractivity contribution in [3.05, 3.63) is 22.4 Å². The minimum atomic E-state index is -0.266. The van der Waals surface area contributed by atoms with Crippen LogP contribution in [0.15, 0.2) is 27.5 Å². The Bertz CT molecular complexity index is 697. The van der Waals surface area contributed by atoms with Crippen LogP contribution in [0.5, 0.6) is 0 Å². The highest BCUT2D eigenvalue weighted by atomic mass is 32.2. The van der Waals surface area contributed by atoms with E-state index < -0.39 is 0 Å². The van der Waals surface area contributed by atoms with E-state index in [1.165, 1.54) is 49.8 Å². The Labute approximate surface area is 170 Å². The van der Waals surface area contributed by atoms with Gasteiger partial charge in [0.05, 0.1) is 10.6 Å². The van der Waals surface area contributed by atoms with Crippen molar-refractivity contribution in [1.29, 1.82) is 0 Å². The Hall–Kier alpha value is -1.14. The summed E-state index contributed by atoms with van der Waals surface area (Å²) in [7, 11) is 0. The van der Waals surface area contributed by atoms with Crippen molar-refractivity contribution in [2.75, 3.05) is 5.75 Å². The van der Waals surface area contributed by atoms with Gasteiger partial charge in [-0.3, -0.25) is 9.79 Å². The van der Waals surface area contributed by atoms with Gasteiger partial charge < -0.3 is 5.32 Å². The Balaban J connectivity index is 1.44. The first-order chi connectivity index (χ1) is 13.2. The third-order valence-electron chi connectivity index (χ3n) is 5.80. The SMILES string of the molecule is O=C(CSC1=NC2(CCCCCC2)N=C1c1cccs1)NC1CCCCC1. The largest absolute Gasteiger partial charge is 0.353 e. The van der Waals surface area contributed by atoms with Gasteiger partial charge in [0.15, 0.2) is 5.66 Å². The summed E-state index contributed by atoms with van der Waals surface area (Å²) in [6, 6.07) is 4.56. The van der Waals surface area contributed by atoms with Crippen molar-refractivity contribution in [1.82, 2.24) is 5.32 Å². The molecule has 1 N–H and O–H groups in total. The molecule has 0 saturated heterocycles. The number of rotatable bonds is 4. The van der Waals surface area contributed by atoms with E-state index in [1.807, 2.05) is 0 Å². The van der Waals surface area contributed by atoms with Crippen LogP contribution in [0.25, 0.3) is 0 Å². The predicted octanol–water partition coefficient (Wildman–Crippen LogP) is 5.18. The lowest BCUT2D eigenvalue weighted by Gasteiger charge is -2.22. The van der Waals surface area contributed by atoms with Crippen LogP contribution in [0.4, 0.5) is 0 Å². The quantitative estimate of drug-likeness (QED) is 0.753. The van der Waals surface area contributed by atoms with Crippen LogP contribution in [-0.4, -0.2) is 34.1 Å². The molecule has 2 saturated carbocycles. The Morgan fingerprint density at radius 3 is 2.56 bits per heavy atom. The molecule has 1 aromatic heterocycles.